The molecule has 0 radical (unpaired) electrons. The number of imide groups is 1. The van der Waals surface area contributed by atoms with Gasteiger partial charge < -0.3 is 19.9 Å². The van der Waals surface area contributed by atoms with Gasteiger partial charge in [-0.25, -0.2) is 9.69 Å². The lowest BCUT2D eigenvalue weighted by Crippen LogP contribution is -2.53. The van der Waals surface area contributed by atoms with E-state index in [1.165, 1.54) is 4.90 Å². The Morgan fingerprint density at radius 1 is 1.21 bits per heavy atom. The van der Waals surface area contributed by atoms with Gasteiger partial charge in [0.25, 0.3) is 5.91 Å². The molecule has 0 spiro atoms. The highest BCUT2D eigenvalue weighted by Crippen LogP contribution is 2.45. The molecule has 0 aliphatic carbocycles. The Morgan fingerprint density at radius 3 is 2.68 bits per heavy atom. The highest BCUT2D eigenvalue weighted by atomic mass is 16.5. The van der Waals surface area contributed by atoms with Gasteiger partial charge in [0.2, 0.25) is 5.91 Å². The Morgan fingerprint density at radius 2 is 1.94 bits per heavy atom. The molecule has 1 fully saturated rings. The summed E-state index contributed by atoms with van der Waals surface area (Å²) < 4.78 is 5.55. The zero-order valence-electron chi connectivity index (χ0n) is 20.6. The molecule has 2 aliphatic rings. The number of hydrogen-bond acceptors (Lipinski definition) is 4. The van der Waals surface area contributed by atoms with Crippen molar-refractivity contribution in [2.45, 2.75) is 65.0 Å². The van der Waals surface area contributed by atoms with Crippen molar-refractivity contribution in [3.8, 4) is 0 Å². The number of carbonyl (C=O) groups is 3. The van der Waals surface area contributed by atoms with Crippen LogP contribution in [-0.4, -0.2) is 65.0 Å². The second-order valence-corrected chi connectivity index (χ2v) is 9.76. The molecular weight excluding hydrogens is 432 g/mol. The van der Waals surface area contributed by atoms with Crippen LogP contribution in [0.15, 0.2) is 24.3 Å². The van der Waals surface area contributed by atoms with Crippen LogP contribution in [0.3, 0.4) is 0 Å². The molecule has 34 heavy (non-hydrogen) atoms. The van der Waals surface area contributed by atoms with Gasteiger partial charge in [0, 0.05) is 37.2 Å². The van der Waals surface area contributed by atoms with Crippen LogP contribution in [0.25, 0.3) is 10.9 Å². The Kier molecular flexibility index (Phi) is 6.98. The first-order valence-electron chi connectivity index (χ1n) is 12.4. The number of H-pyrrole nitrogens is 1. The molecule has 0 bridgehead atoms. The molecule has 1 aromatic carbocycles. The van der Waals surface area contributed by atoms with E-state index in [0.717, 1.165) is 41.6 Å². The number of amides is 4. The third-order valence-corrected chi connectivity index (χ3v) is 7.08. The first-order valence-corrected chi connectivity index (χ1v) is 12.4. The third-order valence-electron chi connectivity index (χ3n) is 7.08. The quantitative estimate of drug-likeness (QED) is 0.412. The van der Waals surface area contributed by atoms with Crippen molar-refractivity contribution in [1.29, 1.82) is 0 Å². The fraction of sp³-hybridized carbons (Fsp3) is 0.577. The van der Waals surface area contributed by atoms with Crippen LogP contribution in [0, 0.1) is 5.92 Å². The number of rotatable bonds is 10. The third kappa shape index (κ3) is 3.98. The van der Waals surface area contributed by atoms with Gasteiger partial charge in [0.05, 0.1) is 5.69 Å². The zero-order valence-corrected chi connectivity index (χ0v) is 20.6. The number of fused-ring (bicyclic) bond motifs is 5. The molecule has 8 heteroatoms. The summed E-state index contributed by atoms with van der Waals surface area (Å²) in [5.41, 5.74) is 1.64. The van der Waals surface area contributed by atoms with Crippen LogP contribution in [0.4, 0.5) is 4.79 Å². The van der Waals surface area contributed by atoms with Gasteiger partial charge >= 0.3 is 6.03 Å². The first-order chi connectivity index (χ1) is 16.3. The molecule has 1 aromatic heterocycles. The second-order valence-electron chi connectivity index (χ2n) is 9.76. The van der Waals surface area contributed by atoms with E-state index in [4.69, 9.17) is 4.74 Å². The highest BCUT2D eigenvalue weighted by molar-refractivity contribution is 6.11. The number of unbranched alkanes of at least 4 members (excludes halogenated alkanes) is 1. The van der Waals surface area contributed by atoms with E-state index >= 15 is 0 Å². The number of urea groups is 1. The summed E-state index contributed by atoms with van der Waals surface area (Å²) in [5, 5.41) is 4.00. The average molecular weight is 469 g/mol. The van der Waals surface area contributed by atoms with E-state index in [1.807, 2.05) is 38.1 Å². The number of ether oxygens (including phenoxy) is 1. The Labute approximate surface area is 201 Å². The number of benzene rings is 1. The zero-order chi connectivity index (χ0) is 24.5. The van der Waals surface area contributed by atoms with E-state index in [1.54, 1.807) is 11.8 Å². The summed E-state index contributed by atoms with van der Waals surface area (Å²) in [7, 11) is 0. The molecule has 2 N–H and O–H groups in total. The van der Waals surface area contributed by atoms with E-state index in [-0.39, 0.29) is 17.7 Å². The van der Waals surface area contributed by atoms with Crippen LogP contribution in [0.1, 0.15) is 58.2 Å². The fourth-order valence-corrected chi connectivity index (χ4v) is 5.22. The van der Waals surface area contributed by atoms with Gasteiger partial charge in [0.15, 0.2) is 5.54 Å². The molecule has 2 aliphatic heterocycles. The molecule has 2 unspecified atom stereocenters. The van der Waals surface area contributed by atoms with Crippen LogP contribution in [0.5, 0.6) is 0 Å². The predicted octanol–water partition coefficient (Wildman–Crippen LogP) is 3.55. The maximum absolute atomic E-state index is 13.9. The van der Waals surface area contributed by atoms with Gasteiger partial charge in [-0.2, -0.15) is 0 Å². The molecule has 184 valence electrons. The summed E-state index contributed by atoms with van der Waals surface area (Å²) in [4.78, 5) is 46.8. The summed E-state index contributed by atoms with van der Waals surface area (Å²) in [6, 6.07) is 6.69. The Bertz CT molecular complexity index is 1080. The first kappa shape index (κ1) is 24.3. The van der Waals surface area contributed by atoms with Gasteiger partial charge in [-0.3, -0.25) is 9.59 Å². The molecule has 0 saturated carbocycles. The minimum absolute atomic E-state index is 0.221. The van der Waals surface area contributed by atoms with Crippen LogP contribution in [-0.2, 0) is 26.3 Å². The van der Waals surface area contributed by atoms with E-state index in [2.05, 4.69) is 17.2 Å². The minimum atomic E-state index is -1.15. The minimum Gasteiger partial charge on any atom is -0.381 e. The second kappa shape index (κ2) is 9.78. The normalized spacial score (nSPS) is 20.7. The topological polar surface area (TPSA) is 94.7 Å². The molecule has 8 nitrogen and oxygen atoms in total. The van der Waals surface area contributed by atoms with Gasteiger partial charge in [-0.05, 0) is 43.7 Å². The lowest BCUT2D eigenvalue weighted by atomic mass is 9.86. The number of aromatic nitrogens is 1. The molecule has 2 aromatic rings. The van der Waals surface area contributed by atoms with Crippen molar-refractivity contribution in [3.63, 3.8) is 0 Å². The van der Waals surface area contributed by atoms with Crippen molar-refractivity contribution in [2.75, 3.05) is 26.3 Å². The Balaban J connectivity index is 1.54. The smallest absolute Gasteiger partial charge is 0.328 e. The highest BCUT2D eigenvalue weighted by Gasteiger charge is 2.61. The largest absolute Gasteiger partial charge is 0.381 e. The van der Waals surface area contributed by atoms with E-state index in [0.29, 0.717) is 32.5 Å². The molecule has 4 rings (SSSR count). The van der Waals surface area contributed by atoms with Crippen molar-refractivity contribution < 1.29 is 19.1 Å². The molecule has 1 saturated heterocycles. The number of para-hydroxylation sites is 1. The van der Waals surface area contributed by atoms with Gasteiger partial charge in [-0.1, -0.05) is 45.4 Å². The van der Waals surface area contributed by atoms with Gasteiger partial charge in [-0.15, -0.1) is 0 Å². The van der Waals surface area contributed by atoms with Crippen molar-refractivity contribution in [3.05, 3.63) is 35.5 Å². The lowest BCUT2D eigenvalue weighted by Gasteiger charge is -2.36. The molecular formula is C26H36N4O4. The number of carbonyl (C=O) groups excluding carboxylic acids is 3. The maximum atomic E-state index is 13.9. The van der Waals surface area contributed by atoms with Crippen molar-refractivity contribution in [2.24, 2.45) is 5.92 Å². The summed E-state index contributed by atoms with van der Waals surface area (Å²) in [6.45, 7) is 9.82. The Hall–Kier alpha value is -2.87. The summed E-state index contributed by atoms with van der Waals surface area (Å²) >= 11 is 0. The fourth-order valence-electron chi connectivity index (χ4n) is 5.22. The number of nitrogens with zero attached hydrogens (tertiary/aromatic N) is 2. The van der Waals surface area contributed by atoms with E-state index in [9.17, 15) is 14.4 Å². The predicted molar refractivity (Wildman–Crippen MR) is 130 cm³/mol. The SMILES string of the molecule is CCCCOCCCNC(=O)C(C(C)C)N1C(=O)N2CCc3c([nH]c4ccccc34)C2(C)C1=O. The summed E-state index contributed by atoms with van der Waals surface area (Å²) in [5.74, 6) is -0.867. The molecule has 4 amide bonds. The standard InChI is InChI=1S/C26H36N4O4/c1-5-6-15-34-16-9-13-27-23(31)21(17(2)3)30-24(32)26(4)22-19(12-14-29(26)25(30)33)18-10-7-8-11-20(18)28-22/h7-8,10-11,17,21,28H,5-6,9,12-16H2,1-4H3,(H,27,31). The van der Waals surface area contributed by atoms with E-state index < -0.39 is 17.6 Å². The molecule has 3 heterocycles. The number of nitrogens with one attached hydrogen (secondary N) is 2. The average Bonchev–Trinajstić information content (AvgIpc) is 3.28. The van der Waals surface area contributed by atoms with Crippen molar-refractivity contribution in [1.82, 2.24) is 20.1 Å². The molecule has 2 atom stereocenters. The number of aromatic amines is 1. The summed E-state index contributed by atoms with van der Waals surface area (Å²) in [6.07, 6.45) is 3.46. The monoisotopic (exact) mass is 468 g/mol. The van der Waals surface area contributed by atoms with Crippen molar-refractivity contribution >= 4 is 28.7 Å². The number of hydrogen-bond donors (Lipinski definition) is 2. The van der Waals surface area contributed by atoms with Crippen LogP contribution >= 0.6 is 0 Å². The van der Waals surface area contributed by atoms with Crippen LogP contribution in [0.2, 0.25) is 0 Å². The van der Waals surface area contributed by atoms with Crippen LogP contribution < -0.4 is 5.32 Å². The lowest BCUT2D eigenvalue weighted by molar-refractivity contribution is -0.140. The van der Waals surface area contributed by atoms with Gasteiger partial charge in [0.1, 0.15) is 6.04 Å². The maximum Gasteiger partial charge on any atom is 0.328 e.